The van der Waals surface area contributed by atoms with Crippen molar-refractivity contribution < 1.29 is 36.6 Å². The highest BCUT2D eigenvalue weighted by Gasteiger charge is 2.39. The van der Waals surface area contributed by atoms with Gasteiger partial charge in [-0.1, -0.05) is 23.7 Å². The average molecular weight is 505 g/mol. The van der Waals surface area contributed by atoms with E-state index >= 15 is 0 Å². The maximum atomic E-state index is 13.8. The average Bonchev–Trinajstić information content (AvgIpc) is 2.83. The molecule has 0 saturated carbocycles. The molecule has 1 aromatic heterocycles. The lowest BCUT2D eigenvalue weighted by molar-refractivity contribution is -0.152. The van der Waals surface area contributed by atoms with Gasteiger partial charge < -0.3 is 18.6 Å². The summed E-state index contributed by atoms with van der Waals surface area (Å²) in [4.78, 5) is 25.6. The van der Waals surface area contributed by atoms with Crippen LogP contribution in [0.3, 0.4) is 0 Å². The Kier molecular flexibility index (Phi) is 6.45. The van der Waals surface area contributed by atoms with Crippen LogP contribution in [0, 0.1) is 0 Å². The summed E-state index contributed by atoms with van der Waals surface area (Å²) in [6.45, 7) is 0. The molecular weight excluding hydrogens is 489 g/mol. The summed E-state index contributed by atoms with van der Waals surface area (Å²) in [5, 5.41) is 0.183. The molecule has 0 spiro atoms. The quantitative estimate of drug-likeness (QED) is 0.232. The highest BCUT2D eigenvalue weighted by molar-refractivity contribution is 6.30. The van der Waals surface area contributed by atoms with Gasteiger partial charge >= 0.3 is 12.1 Å². The smallest absolute Gasteiger partial charge is 0.450 e. The number of hydrogen-bond acceptors (Lipinski definition) is 6. The first-order valence-corrected chi connectivity index (χ1v) is 10.4. The van der Waals surface area contributed by atoms with Crippen molar-refractivity contribution in [1.82, 2.24) is 0 Å². The van der Waals surface area contributed by atoms with Gasteiger partial charge in [0.25, 0.3) is 0 Å². The van der Waals surface area contributed by atoms with Gasteiger partial charge in [-0.2, -0.15) is 13.2 Å². The molecule has 0 aliphatic carbocycles. The first kappa shape index (κ1) is 24.2. The minimum Gasteiger partial charge on any atom is -0.493 e. The molecule has 0 aliphatic rings. The molecule has 0 atom stereocenters. The van der Waals surface area contributed by atoms with E-state index in [0.29, 0.717) is 10.8 Å². The number of alkyl halides is 3. The summed E-state index contributed by atoms with van der Waals surface area (Å²) >= 11 is 5.82. The van der Waals surface area contributed by atoms with E-state index in [1.54, 1.807) is 0 Å². The van der Waals surface area contributed by atoms with Gasteiger partial charge in [0, 0.05) is 11.1 Å². The summed E-state index contributed by atoms with van der Waals surface area (Å²) in [6.07, 6.45) is -4.96. The predicted molar refractivity (Wildman–Crippen MR) is 122 cm³/mol. The molecule has 10 heteroatoms. The highest BCUT2D eigenvalue weighted by Crippen LogP contribution is 2.38. The van der Waals surface area contributed by atoms with Gasteiger partial charge in [0.1, 0.15) is 11.3 Å². The second kappa shape index (κ2) is 9.34. The molecule has 0 saturated heterocycles. The maximum Gasteiger partial charge on any atom is 0.450 e. The zero-order valence-corrected chi connectivity index (χ0v) is 19.0. The van der Waals surface area contributed by atoms with Crippen molar-refractivity contribution in [1.29, 1.82) is 0 Å². The number of hydrogen-bond donors (Lipinski definition) is 0. The van der Waals surface area contributed by atoms with Gasteiger partial charge in [0.05, 0.1) is 30.7 Å². The number of benzene rings is 3. The standard InChI is InChI=1S/C25H16ClF3O6/c1-32-18-10-5-14(11-20(18)33-2)24(31)34-16-8-9-17-19(12-16)35-23(25(27,28)29)21(22(17)30)13-3-6-15(26)7-4-13/h3-12H,1-2H3. The van der Waals surface area contributed by atoms with E-state index in [9.17, 15) is 22.8 Å². The van der Waals surface area contributed by atoms with E-state index in [1.807, 2.05) is 0 Å². The lowest BCUT2D eigenvalue weighted by Gasteiger charge is -2.13. The van der Waals surface area contributed by atoms with Crippen LogP contribution < -0.4 is 19.6 Å². The maximum absolute atomic E-state index is 13.8. The van der Waals surface area contributed by atoms with Crippen molar-refractivity contribution in [2.75, 3.05) is 14.2 Å². The number of halogens is 4. The van der Waals surface area contributed by atoms with E-state index in [0.717, 1.165) is 6.07 Å². The Labute approximate surface area is 201 Å². The van der Waals surface area contributed by atoms with Crippen LogP contribution >= 0.6 is 11.6 Å². The van der Waals surface area contributed by atoms with Crippen molar-refractivity contribution in [3.8, 4) is 28.4 Å². The summed E-state index contributed by atoms with van der Waals surface area (Å²) in [7, 11) is 2.83. The number of esters is 1. The van der Waals surface area contributed by atoms with E-state index in [-0.39, 0.29) is 28.0 Å². The second-order valence-corrected chi connectivity index (χ2v) is 7.69. The normalized spacial score (nSPS) is 11.4. The van der Waals surface area contributed by atoms with Crippen LogP contribution in [-0.4, -0.2) is 20.2 Å². The molecule has 0 aliphatic heterocycles. The molecule has 0 unspecified atom stereocenters. The lowest BCUT2D eigenvalue weighted by Crippen LogP contribution is -2.16. The van der Waals surface area contributed by atoms with Crippen LogP contribution in [0.2, 0.25) is 5.02 Å². The minimum absolute atomic E-state index is 0.00123. The molecular formula is C25H16ClF3O6. The Morgan fingerprint density at radius 2 is 1.60 bits per heavy atom. The monoisotopic (exact) mass is 504 g/mol. The molecule has 180 valence electrons. The van der Waals surface area contributed by atoms with Crippen molar-refractivity contribution in [3.63, 3.8) is 0 Å². The van der Waals surface area contributed by atoms with Crippen molar-refractivity contribution >= 4 is 28.5 Å². The molecule has 0 radical (unpaired) electrons. The molecule has 6 nitrogen and oxygen atoms in total. The third-order valence-electron chi connectivity index (χ3n) is 5.08. The van der Waals surface area contributed by atoms with Crippen LogP contribution in [0.15, 0.2) is 69.9 Å². The van der Waals surface area contributed by atoms with Gasteiger partial charge in [-0.05, 0) is 48.0 Å². The number of methoxy groups -OCH3 is 2. The van der Waals surface area contributed by atoms with Gasteiger partial charge in [-0.15, -0.1) is 0 Å². The largest absolute Gasteiger partial charge is 0.493 e. The third kappa shape index (κ3) is 4.81. The van der Waals surface area contributed by atoms with E-state index in [1.165, 1.54) is 68.8 Å². The fourth-order valence-corrected chi connectivity index (χ4v) is 3.57. The van der Waals surface area contributed by atoms with Crippen LogP contribution in [0.1, 0.15) is 16.1 Å². The predicted octanol–water partition coefficient (Wildman–Crippen LogP) is 6.37. The molecule has 4 rings (SSSR count). The minimum atomic E-state index is -4.96. The van der Waals surface area contributed by atoms with Gasteiger partial charge in [-0.3, -0.25) is 4.79 Å². The Morgan fingerprint density at radius 1 is 0.914 bits per heavy atom. The SMILES string of the molecule is COc1ccc(C(=O)Oc2ccc3c(=O)c(-c4ccc(Cl)cc4)c(C(F)(F)F)oc3c2)cc1OC. The van der Waals surface area contributed by atoms with Crippen molar-refractivity contribution in [3.05, 3.63) is 87.2 Å². The Bertz CT molecular complexity index is 1480. The molecule has 3 aromatic carbocycles. The summed E-state index contributed by atoms with van der Waals surface area (Å²) in [6, 6.07) is 13.2. The van der Waals surface area contributed by atoms with Crippen LogP contribution in [-0.2, 0) is 6.18 Å². The van der Waals surface area contributed by atoms with Crippen LogP contribution in [0.5, 0.6) is 17.2 Å². The number of ether oxygens (including phenoxy) is 3. The van der Waals surface area contributed by atoms with E-state index < -0.39 is 34.5 Å². The fourth-order valence-electron chi connectivity index (χ4n) is 3.44. The zero-order chi connectivity index (χ0) is 25.3. The Balaban J connectivity index is 1.76. The topological polar surface area (TPSA) is 75.0 Å². The fraction of sp³-hybridized carbons (Fsp3) is 0.120. The summed E-state index contributed by atoms with van der Waals surface area (Å²) in [5.74, 6) is -1.71. The Hall–Kier alpha value is -3.98. The van der Waals surface area contributed by atoms with Gasteiger partial charge in [0.2, 0.25) is 11.2 Å². The number of rotatable bonds is 5. The number of fused-ring (bicyclic) bond motifs is 1. The van der Waals surface area contributed by atoms with Gasteiger partial charge in [-0.25, -0.2) is 4.79 Å². The molecule has 0 fully saturated rings. The van der Waals surface area contributed by atoms with Crippen LogP contribution in [0.25, 0.3) is 22.1 Å². The third-order valence-corrected chi connectivity index (χ3v) is 5.34. The molecule has 1 heterocycles. The number of carbonyl (C=O) groups is 1. The molecule has 0 N–H and O–H groups in total. The van der Waals surface area contributed by atoms with E-state index in [4.69, 9.17) is 30.2 Å². The molecule has 0 bridgehead atoms. The Morgan fingerprint density at radius 3 is 2.23 bits per heavy atom. The first-order chi connectivity index (χ1) is 16.6. The van der Waals surface area contributed by atoms with Crippen molar-refractivity contribution in [2.45, 2.75) is 6.18 Å². The molecule has 0 amide bonds. The van der Waals surface area contributed by atoms with E-state index in [2.05, 4.69) is 0 Å². The zero-order valence-electron chi connectivity index (χ0n) is 18.2. The first-order valence-electron chi connectivity index (χ1n) is 10.0. The summed E-state index contributed by atoms with van der Waals surface area (Å²) in [5.41, 5.74) is -1.81. The highest BCUT2D eigenvalue weighted by atomic mass is 35.5. The molecule has 35 heavy (non-hydrogen) atoms. The van der Waals surface area contributed by atoms with Crippen molar-refractivity contribution in [2.24, 2.45) is 0 Å². The summed E-state index contributed by atoms with van der Waals surface area (Å²) < 4.78 is 62.1. The van der Waals surface area contributed by atoms with Gasteiger partial charge in [0.15, 0.2) is 11.5 Å². The number of carbonyl (C=O) groups excluding carboxylic acids is 1. The van der Waals surface area contributed by atoms with Crippen LogP contribution in [0.4, 0.5) is 13.2 Å². The second-order valence-electron chi connectivity index (χ2n) is 7.26. The molecule has 4 aromatic rings. The lowest BCUT2D eigenvalue weighted by atomic mass is 10.0.